The molecule has 9 heteroatoms. The van der Waals surface area contributed by atoms with Gasteiger partial charge in [-0.2, -0.15) is 19.6 Å². The van der Waals surface area contributed by atoms with Gasteiger partial charge in [-0.25, -0.2) is 0 Å². The van der Waals surface area contributed by atoms with E-state index in [2.05, 4.69) is 44.5 Å². The highest BCUT2D eigenvalue weighted by atomic mass is 16.3. The molecule has 0 saturated heterocycles. The third-order valence-electron chi connectivity index (χ3n) is 5.46. The maximum Gasteiger partial charge on any atom is 0.229 e. The second-order valence-corrected chi connectivity index (χ2v) is 8.31. The molecular weight excluding hydrogens is 418 g/mol. The van der Waals surface area contributed by atoms with Crippen molar-refractivity contribution < 1.29 is 10.2 Å². The van der Waals surface area contributed by atoms with Crippen LogP contribution < -0.4 is 10.6 Å². The summed E-state index contributed by atoms with van der Waals surface area (Å²) in [5.74, 6) is 1.03. The average Bonchev–Trinajstić information content (AvgIpc) is 3.26. The van der Waals surface area contributed by atoms with E-state index >= 15 is 0 Å². The third-order valence-corrected chi connectivity index (χ3v) is 5.46. The van der Waals surface area contributed by atoms with Gasteiger partial charge in [0.05, 0.1) is 30.6 Å². The van der Waals surface area contributed by atoms with Gasteiger partial charge in [-0.1, -0.05) is 50.2 Å². The summed E-state index contributed by atoms with van der Waals surface area (Å²) >= 11 is 0. The molecule has 0 amide bonds. The van der Waals surface area contributed by atoms with Crippen molar-refractivity contribution in [2.75, 3.05) is 17.2 Å². The Bertz CT molecular complexity index is 1190. The molecule has 3 aromatic heterocycles. The zero-order valence-electron chi connectivity index (χ0n) is 19.0. The smallest absolute Gasteiger partial charge is 0.229 e. The number of anilines is 2. The summed E-state index contributed by atoms with van der Waals surface area (Å²) in [6.45, 7) is 6.00. The van der Waals surface area contributed by atoms with Crippen molar-refractivity contribution in [2.24, 2.45) is 0 Å². The van der Waals surface area contributed by atoms with Crippen LogP contribution in [0.2, 0.25) is 0 Å². The molecule has 0 spiro atoms. The van der Waals surface area contributed by atoms with E-state index in [1.807, 2.05) is 48.7 Å². The van der Waals surface area contributed by atoms with Crippen LogP contribution >= 0.6 is 0 Å². The third kappa shape index (κ3) is 5.10. The van der Waals surface area contributed by atoms with E-state index in [1.165, 1.54) is 0 Å². The highest BCUT2D eigenvalue weighted by molar-refractivity contribution is 5.59. The molecule has 3 heterocycles. The molecule has 0 fully saturated rings. The Morgan fingerprint density at radius 3 is 2.42 bits per heavy atom. The van der Waals surface area contributed by atoms with Crippen LogP contribution in [0.1, 0.15) is 37.8 Å². The van der Waals surface area contributed by atoms with Crippen molar-refractivity contribution in [3.8, 4) is 11.3 Å². The molecule has 2 atom stereocenters. The number of aliphatic hydroxyl groups excluding tert-OH is 2. The summed E-state index contributed by atoms with van der Waals surface area (Å²) in [5, 5.41) is 30.3. The minimum Gasteiger partial charge on any atom is -0.394 e. The minimum absolute atomic E-state index is 0.221. The maximum absolute atomic E-state index is 9.90. The number of rotatable bonds is 9. The summed E-state index contributed by atoms with van der Waals surface area (Å²) < 4.78 is 1.67. The number of fused-ring (bicyclic) bond motifs is 1. The second kappa shape index (κ2) is 9.93. The van der Waals surface area contributed by atoms with E-state index in [0.717, 1.165) is 22.4 Å². The number of nitrogens with zero attached hydrogens (tertiary/aromatic N) is 5. The quantitative estimate of drug-likeness (QED) is 0.309. The minimum atomic E-state index is -0.769. The molecule has 0 aliphatic heterocycles. The number of nitrogens with one attached hydrogen (secondary N) is 2. The number of hydrogen-bond acceptors (Lipinski definition) is 8. The lowest BCUT2D eigenvalue weighted by molar-refractivity contribution is 0.132. The largest absolute Gasteiger partial charge is 0.394 e. The van der Waals surface area contributed by atoms with E-state index in [1.54, 1.807) is 17.6 Å². The van der Waals surface area contributed by atoms with Crippen molar-refractivity contribution in [3.63, 3.8) is 0 Å². The van der Waals surface area contributed by atoms with Crippen molar-refractivity contribution in [1.29, 1.82) is 0 Å². The fourth-order valence-electron chi connectivity index (χ4n) is 3.46. The SMILES string of the molecule is CC(C)c1cnn2c(NCc3ccc(-c4ccccc4)nc3)nc(NC(CO)C(C)O)nc12. The van der Waals surface area contributed by atoms with Crippen molar-refractivity contribution >= 4 is 17.5 Å². The first-order valence-corrected chi connectivity index (χ1v) is 11.0. The number of aliphatic hydroxyl groups is 2. The molecule has 1 aromatic carbocycles. The van der Waals surface area contributed by atoms with E-state index in [0.29, 0.717) is 24.1 Å². The molecule has 2 unspecified atom stereocenters. The van der Waals surface area contributed by atoms with E-state index in [-0.39, 0.29) is 12.5 Å². The fraction of sp³-hybridized carbons (Fsp3) is 0.333. The molecule has 0 saturated carbocycles. The van der Waals surface area contributed by atoms with Gasteiger partial charge in [-0.05, 0) is 24.5 Å². The lowest BCUT2D eigenvalue weighted by Crippen LogP contribution is -2.35. The molecular formula is C24H29N7O2. The first-order valence-electron chi connectivity index (χ1n) is 11.0. The van der Waals surface area contributed by atoms with Crippen LogP contribution in [-0.2, 0) is 6.54 Å². The van der Waals surface area contributed by atoms with Crippen LogP contribution in [0.5, 0.6) is 0 Å². The Hall–Kier alpha value is -3.56. The van der Waals surface area contributed by atoms with Gasteiger partial charge in [-0.15, -0.1) is 0 Å². The standard InChI is InChI=1S/C24H29N7O2/c1-15(2)19-13-27-31-22(19)29-23(28-21(14-32)16(3)33)30-24(31)26-12-17-9-10-20(25-11-17)18-7-5-4-6-8-18/h4-11,13,15-16,21,32-33H,12,14H2,1-3H3,(H2,26,28,29,30). The summed E-state index contributed by atoms with van der Waals surface area (Å²) in [4.78, 5) is 13.7. The zero-order chi connectivity index (χ0) is 23.4. The normalized spacial score (nSPS) is 13.3. The van der Waals surface area contributed by atoms with Crippen molar-refractivity contribution in [3.05, 3.63) is 66.0 Å². The Morgan fingerprint density at radius 1 is 1.00 bits per heavy atom. The summed E-state index contributed by atoms with van der Waals surface area (Å²) in [6, 6.07) is 13.5. The Morgan fingerprint density at radius 2 is 1.79 bits per heavy atom. The topological polar surface area (TPSA) is 120 Å². The molecule has 4 aromatic rings. The van der Waals surface area contributed by atoms with E-state index < -0.39 is 12.1 Å². The molecule has 172 valence electrons. The van der Waals surface area contributed by atoms with Gasteiger partial charge in [-0.3, -0.25) is 4.98 Å². The molecule has 4 N–H and O–H groups in total. The number of pyridine rings is 1. The second-order valence-electron chi connectivity index (χ2n) is 8.31. The molecule has 4 rings (SSSR count). The molecule has 9 nitrogen and oxygen atoms in total. The van der Waals surface area contributed by atoms with Crippen molar-refractivity contribution in [2.45, 2.75) is 45.4 Å². The monoisotopic (exact) mass is 447 g/mol. The number of aromatic nitrogens is 5. The highest BCUT2D eigenvalue weighted by Crippen LogP contribution is 2.23. The summed E-state index contributed by atoms with van der Waals surface area (Å²) in [5.41, 5.74) is 4.63. The zero-order valence-corrected chi connectivity index (χ0v) is 19.0. The summed E-state index contributed by atoms with van der Waals surface area (Å²) in [7, 11) is 0. The number of hydrogen-bond donors (Lipinski definition) is 4. The van der Waals surface area contributed by atoms with Gasteiger partial charge < -0.3 is 20.8 Å². The van der Waals surface area contributed by atoms with Crippen LogP contribution in [0.4, 0.5) is 11.9 Å². The van der Waals surface area contributed by atoms with Gasteiger partial charge >= 0.3 is 0 Å². The lowest BCUT2D eigenvalue weighted by Gasteiger charge is -2.19. The van der Waals surface area contributed by atoms with Crippen LogP contribution in [0.15, 0.2) is 54.9 Å². The molecule has 33 heavy (non-hydrogen) atoms. The predicted molar refractivity (Wildman–Crippen MR) is 128 cm³/mol. The van der Waals surface area contributed by atoms with Crippen LogP contribution in [-0.4, -0.2) is 53.5 Å². The maximum atomic E-state index is 9.90. The van der Waals surface area contributed by atoms with Crippen LogP contribution in [0.25, 0.3) is 16.9 Å². The predicted octanol–water partition coefficient (Wildman–Crippen LogP) is 3.08. The molecule has 0 aliphatic rings. The first kappa shape index (κ1) is 22.6. The van der Waals surface area contributed by atoms with Crippen LogP contribution in [0.3, 0.4) is 0 Å². The first-order chi connectivity index (χ1) is 16.0. The Kier molecular flexibility index (Phi) is 6.81. The molecule has 0 bridgehead atoms. The number of benzene rings is 1. The molecule has 0 radical (unpaired) electrons. The summed E-state index contributed by atoms with van der Waals surface area (Å²) in [6.07, 6.45) is 2.86. The Labute approximate surface area is 192 Å². The van der Waals surface area contributed by atoms with Gasteiger partial charge in [0.2, 0.25) is 11.9 Å². The van der Waals surface area contributed by atoms with Gasteiger partial charge in [0.1, 0.15) is 0 Å². The average molecular weight is 448 g/mol. The van der Waals surface area contributed by atoms with Gasteiger partial charge in [0.25, 0.3) is 0 Å². The fourth-order valence-corrected chi connectivity index (χ4v) is 3.46. The van der Waals surface area contributed by atoms with Crippen LogP contribution in [0, 0.1) is 0 Å². The van der Waals surface area contributed by atoms with E-state index in [4.69, 9.17) is 0 Å². The Balaban J connectivity index is 1.59. The lowest BCUT2D eigenvalue weighted by atomic mass is 10.1. The van der Waals surface area contributed by atoms with Gasteiger partial charge in [0.15, 0.2) is 5.65 Å². The molecule has 0 aliphatic carbocycles. The van der Waals surface area contributed by atoms with Crippen molar-refractivity contribution in [1.82, 2.24) is 24.6 Å². The van der Waals surface area contributed by atoms with E-state index in [9.17, 15) is 10.2 Å². The highest BCUT2D eigenvalue weighted by Gasteiger charge is 2.19. The van der Waals surface area contributed by atoms with Gasteiger partial charge in [0, 0.05) is 23.9 Å².